The number of hydrogen-bond donors (Lipinski definition) is 1. The van der Waals surface area contributed by atoms with E-state index in [-0.39, 0.29) is 0 Å². The van der Waals surface area contributed by atoms with Crippen molar-refractivity contribution in [2.24, 2.45) is 5.73 Å². The van der Waals surface area contributed by atoms with Gasteiger partial charge in [-0.3, -0.25) is 0 Å². The predicted molar refractivity (Wildman–Crippen MR) is 115 cm³/mol. The van der Waals surface area contributed by atoms with Gasteiger partial charge in [-0.1, -0.05) is 6.07 Å². The van der Waals surface area contributed by atoms with Gasteiger partial charge >= 0.3 is 0 Å². The second-order valence-corrected chi connectivity index (χ2v) is 7.16. The normalized spacial score (nSPS) is 14.7. The Morgan fingerprint density at radius 2 is 1.57 bits per heavy atom. The van der Waals surface area contributed by atoms with Crippen molar-refractivity contribution in [2.75, 3.05) is 29.9 Å². The van der Waals surface area contributed by atoms with Gasteiger partial charge in [-0.25, -0.2) is 4.98 Å². The van der Waals surface area contributed by atoms with Crippen LogP contribution >= 0.6 is 0 Å². The van der Waals surface area contributed by atoms with E-state index in [1.54, 1.807) is 6.20 Å². The summed E-state index contributed by atoms with van der Waals surface area (Å²) in [6.45, 7) is 2.07. The van der Waals surface area contributed by atoms with Crippen LogP contribution in [-0.4, -0.2) is 31.2 Å². The third-order valence-corrected chi connectivity index (χ3v) is 5.23. The second-order valence-electron chi connectivity index (χ2n) is 7.16. The molecular formula is C23H26N4O. The quantitative estimate of drug-likeness (QED) is 0.709. The van der Waals surface area contributed by atoms with E-state index in [4.69, 9.17) is 10.5 Å². The molecule has 0 amide bonds. The molecule has 1 aliphatic heterocycles. The number of hydrogen-bond acceptors (Lipinski definition) is 5. The van der Waals surface area contributed by atoms with E-state index in [1.165, 1.54) is 5.69 Å². The Kier molecular flexibility index (Phi) is 5.44. The summed E-state index contributed by atoms with van der Waals surface area (Å²) < 4.78 is 5.77. The molecule has 1 fully saturated rings. The maximum atomic E-state index is 6.01. The van der Waals surface area contributed by atoms with E-state index in [1.807, 2.05) is 30.3 Å². The number of aromatic nitrogens is 1. The third kappa shape index (κ3) is 4.26. The van der Waals surface area contributed by atoms with Crippen LogP contribution in [-0.2, 0) is 0 Å². The SMILES string of the molecule is CN(c1ccc(Oc2ccccn2)cc1)c1ccc(N2CCC(N)CC2)cc1. The summed E-state index contributed by atoms with van der Waals surface area (Å²) in [6, 6.07) is 22.7. The Morgan fingerprint density at radius 3 is 2.18 bits per heavy atom. The van der Waals surface area contributed by atoms with Crippen molar-refractivity contribution in [3.63, 3.8) is 0 Å². The molecule has 4 rings (SSSR count). The van der Waals surface area contributed by atoms with Gasteiger partial charge in [0.25, 0.3) is 0 Å². The molecule has 2 N–H and O–H groups in total. The zero-order valence-electron chi connectivity index (χ0n) is 16.2. The van der Waals surface area contributed by atoms with Crippen molar-refractivity contribution in [1.82, 2.24) is 4.98 Å². The molecular weight excluding hydrogens is 348 g/mol. The zero-order chi connectivity index (χ0) is 19.3. The summed E-state index contributed by atoms with van der Waals surface area (Å²) in [4.78, 5) is 8.77. The number of pyridine rings is 1. The molecule has 28 heavy (non-hydrogen) atoms. The van der Waals surface area contributed by atoms with Crippen LogP contribution in [0.1, 0.15) is 12.8 Å². The topological polar surface area (TPSA) is 54.6 Å². The fraction of sp³-hybridized carbons (Fsp3) is 0.261. The molecule has 0 unspecified atom stereocenters. The van der Waals surface area contributed by atoms with Gasteiger partial charge in [0.15, 0.2) is 0 Å². The largest absolute Gasteiger partial charge is 0.439 e. The Morgan fingerprint density at radius 1 is 0.929 bits per heavy atom. The summed E-state index contributed by atoms with van der Waals surface area (Å²) >= 11 is 0. The molecule has 0 aliphatic carbocycles. The van der Waals surface area contributed by atoms with E-state index < -0.39 is 0 Å². The van der Waals surface area contributed by atoms with Gasteiger partial charge in [0.1, 0.15) is 5.75 Å². The Hall–Kier alpha value is -3.05. The first-order chi connectivity index (χ1) is 13.7. The molecule has 2 aromatic carbocycles. The highest BCUT2D eigenvalue weighted by molar-refractivity contribution is 5.65. The molecule has 5 heteroatoms. The van der Waals surface area contributed by atoms with E-state index in [0.717, 1.165) is 43.1 Å². The summed E-state index contributed by atoms with van der Waals surface area (Å²) in [5.41, 5.74) is 9.53. The smallest absolute Gasteiger partial charge is 0.219 e. The summed E-state index contributed by atoms with van der Waals surface area (Å²) in [7, 11) is 2.07. The van der Waals surface area contributed by atoms with Crippen LogP contribution in [0.4, 0.5) is 17.1 Å². The highest BCUT2D eigenvalue weighted by Gasteiger charge is 2.16. The number of anilines is 3. The van der Waals surface area contributed by atoms with Gasteiger partial charge in [-0.2, -0.15) is 0 Å². The van der Waals surface area contributed by atoms with Crippen molar-refractivity contribution in [3.8, 4) is 11.6 Å². The van der Waals surface area contributed by atoms with Gasteiger partial charge in [-0.15, -0.1) is 0 Å². The molecule has 1 aliphatic rings. The zero-order valence-corrected chi connectivity index (χ0v) is 16.2. The predicted octanol–water partition coefficient (Wildman–Crippen LogP) is 4.57. The molecule has 3 aromatic rings. The van der Waals surface area contributed by atoms with Crippen LogP contribution in [0.3, 0.4) is 0 Å². The first-order valence-corrected chi connectivity index (χ1v) is 9.72. The average Bonchev–Trinajstić information content (AvgIpc) is 2.75. The van der Waals surface area contributed by atoms with Crippen molar-refractivity contribution in [2.45, 2.75) is 18.9 Å². The van der Waals surface area contributed by atoms with Gasteiger partial charge in [0, 0.05) is 55.5 Å². The van der Waals surface area contributed by atoms with Crippen LogP contribution in [0.5, 0.6) is 11.6 Å². The summed E-state index contributed by atoms with van der Waals surface area (Å²) in [6.07, 6.45) is 3.85. The first-order valence-electron chi connectivity index (χ1n) is 9.72. The van der Waals surface area contributed by atoms with E-state index >= 15 is 0 Å². The highest BCUT2D eigenvalue weighted by atomic mass is 16.5. The number of ether oxygens (including phenoxy) is 1. The van der Waals surface area contributed by atoms with Crippen molar-refractivity contribution in [1.29, 1.82) is 0 Å². The third-order valence-electron chi connectivity index (χ3n) is 5.23. The van der Waals surface area contributed by atoms with Crippen LogP contribution < -0.4 is 20.3 Å². The lowest BCUT2D eigenvalue weighted by Crippen LogP contribution is -2.39. The maximum Gasteiger partial charge on any atom is 0.219 e. The maximum absolute atomic E-state index is 6.01. The lowest BCUT2D eigenvalue weighted by atomic mass is 10.1. The molecule has 5 nitrogen and oxygen atoms in total. The van der Waals surface area contributed by atoms with Crippen molar-refractivity contribution in [3.05, 3.63) is 72.9 Å². The monoisotopic (exact) mass is 374 g/mol. The second kappa shape index (κ2) is 8.31. The molecule has 0 saturated carbocycles. The molecule has 1 aromatic heterocycles. The molecule has 144 valence electrons. The summed E-state index contributed by atoms with van der Waals surface area (Å²) in [5.74, 6) is 1.37. The van der Waals surface area contributed by atoms with Crippen LogP contribution in [0, 0.1) is 0 Å². The lowest BCUT2D eigenvalue weighted by molar-refractivity contribution is 0.463. The Balaban J connectivity index is 1.41. The number of nitrogens with two attached hydrogens (primary N) is 1. The molecule has 2 heterocycles. The Bertz CT molecular complexity index is 873. The molecule has 0 radical (unpaired) electrons. The number of piperidine rings is 1. The fourth-order valence-corrected chi connectivity index (χ4v) is 3.46. The van der Waals surface area contributed by atoms with Gasteiger partial charge in [0.05, 0.1) is 0 Å². The van der Waals surface area contributed by atoms with Crippen LogP contribution in [0.15, 0.2) is 72.9 Å². The fourth-order valence-electron chi connectivity index (χ4n) is 3.46. The lowest BCUT2D eigenvalue weighted by Gasteiger charge is -2.32. The first kappa shape index (κ1) is 18.3. The van der Waals surface area contributed by atoms with Gasteiger partial charge in [0.2, 0.25) is 5.88 Å². The number of benzene rings is 2. The highest BCUT2D eigenvalue weighted by Crippen LogP contribution is 2.29. The standard InChI is InChI=1S/C23H26N4O/c1-26(19-5-7-21(8-6-19)27-16-13-18(24)14-17-27)20-9-11-22(12-10-20)28-23-4-2-3-15-25-23/h2-12,15,18H,13-14,16-17,24H2,1H3. The van der Waals surface area contributed by atoms with Crippen molar-refractivity contribution >= 4 is 17.1 Å². The minimum absolute atomic E-state index is 0.353. The summed E-state index contributed by atoms with van der Waals surface area (Å²) in [5, 5.41) is 0. The van der Waals surface area contributed by atoms with E-state index in [2.05, 4.69) is 58.2 Å². The van der Waals surface area contributed by atoms with Crippen molar-refractivity contribution < 1.29 is 4.74 Å². The molecule has 0 bridgehead atoms. The average molecular weight is 374 g/mol. The van der Waals surface area contributed by atoms with Crippen LogP contribution in [0.2, 0.25) is 0 Å². The minimum Gasteiger partial charge on any atom is -0.439 e. The molecule has 0 spiro atoms. The molecule has 0 atom stereocenters. The number of rotatable bonds is 5. The molecule has 1 saturated heterocycles. The van der Waals surface area contributed by atoms with Crippen LogP contribution in [0.25, 0.3) is 0 Å². The van der Waals surface area contributed by atoms with E-state index in [9.17, 15) is 0 Å². The van der Waals surface area contributed by atoms with Gasteiger partial charge < -0.3 is 20.3 Å². The van der Waals surface area contributed by atoms with E-state index in [0.29, 0.717) is 11.9 Å². The minimum atomic E-state index is 0.353. The van der Waals surface area contributed by atoms with Gasteiger partial charge in [-0.05, 0) is 67.4 Å². The number of nitrogens with zero attached hydrogens (tertiary/aromatic N) is 3. The Labute approximate surface area is 166 Å².